The Morgan fingerprint density at radius 1 is 1.32 bits per heavy atom. The van der Waals surface area contributed by atoms with Gasteiger partial charge in [-0.05, 0) is 26.0 Å². The van der Waals surface area contributed by atoms with Crippen LogP contribution in [0.25, 0.3) is 0 Å². The molecule has 1 aliphatic heterocycles. The molecule has 1 aliphatic rings. The molecule has 0 spiro atoms. The summed E-state index contributed by atoms with van der Waals surface area (Å²) in [6, 6.07) is 4.05. The lowest BCUT2D eigenvalue weighted by Gasteiger charge is -2.39. The third kappa shape index (κ3) is 3.16. The highest BCUT2D eigenvalue weighted by molar-refractivity contribution is 5.73. The van der Waals surface area contributed by atoms with Crippen molar-refractivity contribution in [3.05, 3.63) is 23.7 Å². The normalized spacial score (nSPS) is 20.3. The van der Waals surface area contributed by atoms with E-state index in [-0.39, 0.29) is 18.0 Å². The zero-order valence-electron chi connectivity index (χ0n) is 11.9. The van der Waals surface area contributed by atoms with Gasteiger partial charge in [0.2, 0.25) is 5.91 Å². The van der Waals surface area contributed by atoms with Crippen molar-refractivity contribution >= 4 is 5.91 Å². The molecule has 106 valence electrons. The van der Waals surface area contributed by atoms with Crippen molar-refractivity contribution in [2.24, 2.45) is 5.73 Å². The summed E-state index contributed by atoms with van der Waals surface area (Å²) in [5.41, 5.74) is 6.12. The summed E-state index contributed by atoms with van der Waals surface area (Å²) in [5, 5.41) is 0. The number of furan rings is 1. The Bertz CT molecular complexity index is 434. The molecule has 1 aromatic rings. The summed E-state index contributed by atoms with van der Waals surface area (Å²) in [5.74, 6) is 1.97. The maximum Gasteiger partial charge on any atom is 0.219 e. The first-order valence-corrected chi connectivity index (χ1v) is 6.80. The summed E-state index contributed by atoms with van der Waals surface area (Å²) in [6.45, 7) is 8.76. The van der Waals surface area contributed by atoms with Crippen LogP contribution in [0.15, 0.2) is 16.5 Å². The van der Waals surface area contributed by atoms with E-state index in [4.69, 9.17) is 10.2 Å². The van der Waals surface area contributed by atoms with Crippen molar-refractivity contribution in [2.45, 2.75) is 32.9 Å². The van der Waals surface area contributed by atoms with Gasteiger partial charge in [-0.1, -0.05) is 0 Å². The molecule has 0 radical (unpaired) electrons. The fourth-order valence-electron chi connectivity index (χ4n) is 2.70. The van der Waals surface area contributed by atoms with Crippen molar-refractivity contribution < 1.29 is 9.21 Å². The minimum Gasteiger partial charge on any atom is -0.465 e. The third-order valence-corrected chi connectivity index (χ3v) is 3.70. The standard InChI is InChI=1S/C14H23N3O2/c1-10-4-5-13(19-10)14(11(2)15)17-8-6-16(7-9-17)12(3)18/h4-5,11,14H,6-9,15H2,1-3H3. The van der Waals surface area contributed by atoms with E-state index < -0.39 is 0 Å². The number of carbonyl (C=O) groups is 1. The highest BCUT2D eigenvalue weighted by atomic mass is 16.3. The average molecular weight is 265 g/mol. The van der Waals surface area contributed by atoms with E-state index in [1.807, 2.05) is 30.9 Å². The minimum absolute atomic E-state index is 0.00516. The number of nitrogens with two attached hydrogens (primary N) is 1. The molecule has 2 rings (SSSR count). The van der Waals surface area contributed by atoms with Crippen LogP contribution >= 0.6 is 0 Å². The molecule has 2 atom stereocenters. The first-order chi connectivity index (χ1) is 8.99. The number of carbonyl (C=O) groups excluding carboxylic acids is 1. The summed E-state index contributed by atoms with van der Waals surface area (Å²) < 4.78 is 5.73. The Labute approximate surface area is 114 Å². The van der Waals surface area contributed by atoms with Crippen molar-refractivity contribution in [3.63, 3.8) is 0 Å². The van der Waals surface area contributed by atoms with E-state index in [9.17, 15) is 4.79 Å². The van der Waals surface area contributed by atoms with Crippen LogP contribution in [-0.4, -0.2) is 47.9 Å². The molecule has 2 unspecified atom stereocenters. The molecule has 0 aliphatic carbocycles. The smallest absolute Gasteiger partial charge is 0.219 e. The Kier molecular flexibility index (Phi) is 4.27. The zero-order valence-corrected chi connectivity index (χ0v) is 11.9. The number of hydrogen-bond donors (Lipinski definition) is 1. The molecule has 1 aromatic heterocycles. The molecule has 5 heteroatoms. The highest BCUT2D eigenvalue weighted by Crippen LogP contribution is 2.26. The zero-order chi connectivity index (χ0) is 14.0. The van der Waals surface area contributed by atoms with Crippen molar-refractivity contribution in [2.75, 3.05) is 26.2 Å². The van der Waals surface area contributed by atoms with Gasteiger partial charge in [-0.2, -0.15) is 0 Å². The van der Waals surface area contributed by atoms with E-state index in [0.29, 0.717) is 0 Å². The lowest BCUT2D eigenvalue weighted by Crippen LogP contribution is -2.51. The number of nitrogens with zero attached hydrogens (tertiary/aromatic N) is 2. The molecule has 0 aromatic carbocycles. The summed E-state index contributed by atoms with van der Waals surface area (Å²) >= 11 is 0. The molecule has 5 nitrogen and oxygen atoms in total. The molecule has 2 heterocycles. The average Bonchev–Trinajstić information content (AvgIpc) is 2.76. The van der Waals surface area contributed by atoms with Crippen LogP contribution < -0.4 is 5.73 Å². The molecule has 1 amide bonds. The molecular formula is C14H23N3O2. The lowest BCUT2D eigenvalue weighted by molar-refractivity contribution is -0.131. The first kappa shape index (κ1) is 14.1. The minimum atomic E-state index is -0.00516. The van der Waals surface area contributed by atoms with Crippen LogP contribution in [-0.2, 0) is 4.79 Å². The van der Waals surface area contributed by atoms with Gasteiger partial charge in [-0.3, -0.25) is 9.69 Å². The van der Waals surface area contributed by atoms with Gasteiger partial charge in [0.05, 0.1) is 6.04 Å². The van der Waals surface area contributed by atoms with Gasteiger partial charge in [0, 0.05) is 39.1 Å². The molecule has 2 N–H and O–H groups in total. The van der Waals surface area contributed by atoms with Crippen LogP contribution in [0.2, 0.25) is 0 Å². The maximum atomic E-state index is 11.3. The van der Waals surface area contributed by atoms with Gasteiger partial charge < -0.3 is 15.1 Å². The van der Waals surface area contributed by atoms with Gasteiger partial charge in [-0.15, -0.1) is 0 Å². The van der Waals surface area contributed by atoms with Gasteiger partial charge in [0.1, 0.15) is 11.5 Å². The van der Waals surface area contributed by atoms with Crippen molar-refractivity contribution in [3.8, 4) is 0 Å². The van der Waals surface area contributed by atoms with E-state index in [1.54, 1.807) is 6.92 Å². The number of aryl methyl sites for hydroxylation is 1. The Balaban J connectivity index is 2.07. The van der Waals surface area contributed by atoms with Crippen molar-refractivity contribution in [1.82, 2.24) is 9.80 Å². The molecular weight excluding hydrogens is 242 g/mol. The Morgan fingerprint density at radius 2 is 1.95 bits per heavy atom. The van der Waals surface area contributed by atoms with Gasteiger partial charge >= 0.3 is 0 Å². The second kappa shape index (κ2) is 5.75. The summed E-state index contributed by atoms with van der Waals surface area (Å²) in [4.78, 5) is 15.5. The third-order valence-electron chi connectivity index (χ3n) is 3.70. The lowest BCUT2D eigenvalue weighted by atomic mass is 10.1. The van der Waals surface area contributed by atoms with Crippen LogP contribution in [0, 0.1) is 6.92 Å². The van der Waals surface area contributed by atoms with Gasteiger partial charge in [-0.25, -0.2) is 0 Å². The fourth-order valence-corrected chi connectivity index (χ4v) is 2.70. The van der Waals surface area contributed by atoms with Crippen molar-refractivity contribution in [1.29, 1.82) is 0 Å². The molecule has 0 saturated carbocycles. The van der Waals surface area contributed by atoms with Crippen LogP contribution in [0.4, 0.5) is 0 Å². The fraction of sp³-hybridized carbons (Fsp3) is 0.643. The predicted octanol–water partition coefficient (Wildman–Crippen LogP) is 1.14. The van der Waals surface area contributed by atoms with Crippen LogP contribution in [0.5, 0.6) is 0 Å². The number of hydrogen-bond acceptors (Lipinski definition) is 4. The van der Waals surface area contributed by atoms with E-state index >= 15 is 0 Å². The van der Waals surface area contributed by atoms with E-state index in [0.717, 1.165) is 37.7 Å². The Hall–Kier alpha value is -1.33. The topological polar surface area (TPSA) is 62.7 Å². The SMILES string of the molecule is CC(=O)N1CCN(C(c2ccc(C)o2)C(C)N)CC1. The predicted molar refractivity (Wildman–Crippen MR) is 73.7 cm³/mol. The molecule has 1 fully saturated rings. The quantitative estimate of drug-likeness (QED) is 0.890. The number of piperazine rings is 1. The summed E-state index contributed by atoms with van der Waals surface area (Å²) in [6.07, 6.45) is 0. The monoisotopic (exact) mass is 265 g/mol. The largest absolute Gasteiger partial charge is 0.465 e. The van der Waals surface area contributed by atoms with Gasteiger partial charge in [0.15, 0.2) is 0 Å². The second-order valence-corrected chi connectivity index (χ2v) is 5.29. The van der Waals surface area contributed by atoms with Crippen LogP contribution in [0.1, 0.15) is 31.4 Å². The molecule has 0 bridgehead atoms. The second-order valence-electron chi connectivity index (χ2n) is 5.29. The summed E-state index contributed by atoms with van der Waals surface area (Å²) in [7, 11) is 0. The molecule has 19 heavy (non-hydrogen) atoms. The molecule has 1 saturated heterocycles. The highest BCUT2D eigenvalue weighted by Gasteiger charge is 2.30. The van der Waals surface area contributed by atoms with Gasteiger partial charge in [0.25, 0.3) is 0 Å². The van der Waals surface area contributed by atoms with Crippen LogP contribution in [0.3, 0.4) is 0 Å². The Morgan fingerprint density at radius 3 is 2.37 bits per heavy atom. The van der Waals surface area contributed by atoms with E-state index in [1.165, 1.54) is 0 Å². The number of rotatable bonds is 3. The first-order valence-electron chi connectivity index (χ1n) is 6.80. The van der Waals surface area contributed by atoms with E-state index in [2.05, 4.69) is 4.90 Å². The number of amides is 1. The maximum absolute atomic E-state index is 11.3.